The van der Waals surface area contributed by atoms with Crippen LogP contribution >= 0.6 is 15.9 Å². The minimum atomic E-state index is -0.436. The van der Waals surface area contributed by atoms with E-state index in [1.165, 1.54) is 0 Å². The number of rotatable bonds is 2. The molecule has 2 rings (SSSR count). The van der Waals surface area contributed by atoms with Gasteiger partial charge in [0.1, 0.15) is 5.75 Å². The van der Waals surface area contributed by atoms with Crippen molar-refractivity contribution in [3.8, 4) is 5.75 Å². The van der Waals surface area contributed by atoms with E-state index in [0.29, 0.717) is 0 Å². The lowest BCUT2D eigenvalue weighted by Gasteiger charge is -2.24. The topological polar surface area (TPSA) is 49.7 Å². The van der Waals surface area contributed by atoms with Crippen LogP contribution in [0.1, 0.15) is 31.2 Å². The van der Waals surface area contributed by atoms with Gasteiger partial charge in [-0.2, -0.15) is 4.99 Å². The molecule has 1 aliphatic rings. The maximum Gasteiger partial charge on any atom is 0.235 e. The Balaban J connectivity index is 2.51. The van der Waals surface area contributed by atoms with E-state index in [9.17, 15) is 9.90 Å². The number of phenolic OH excluding ortho intramolecular Hbond substituents is 1. The Hall–Kier alpha value is -1.12. The highest BCUT2D eigenvalue weighted by atomic mass is 79.9. The molecular weight excluding hydrogens is 270 g/mol. The Morgan fingerprint density at radius 1 is 1.38 bits per heavy atom. The molecule has 0 aromatic heterocycles. The fourth-order valence-corrected chi connectivity index (χ4v) is 3.11. The summed E-state index contributed by atoms with van der Waals surface area (Å²) in [4.78, 5) is 14.6. The fraction of sp³-hybridized carbons (Fsp3) is 0.417. The highest BCUT2D eigenvalue weighted by Gasteiger charge is 2.37. The van der Waals surface area contributed by atoms with E-state index in [2.05, 4.69) is 20.9 Å². The minimum Gasteiger partial charge on any atom is -0.508 e. The molecule has 0 radical (unpaired) electrons. The summed E-state index contributed by atoms with van der Waals surface area (Å²) in [5, 5.41) is 9.36. The predicted octanol–water partition coefficient (Wildman–Crippen LogP) is 3.26. The number of benzene rings is 1. The number of phenols is 1. The molecule has 0 unspecified atom stereocenters. The lowest BCUT2D eigenvalue weighted by Crippen LogP contribution is -2.19. The monoisotopic (exact) mass is 281 g/mol. The van der Waals surface area contributed by atoms with Gasteiger partial charge in [0.2, 0.25) is 6.08 Å². The van der Waals surface area contributed by atoms with Crippen LogP contribution in [-0.4, -0.2) is 11.2 Å². The van der Waals surface area contributed by atoms with E-state index >= 15 is 0 Å². The van der Waals surface area contributed by atoms with Crippen molar-refractivity contribution in [3.05, 3.63) is 28.2 Å². The maximum absolute atomic E-state index is 10.6. The third-order valence-corrected chi connectivity index (χ3v) is 3.80. The van der Waals surface area contributed by atoms with Gasteiger partial charge in [-0.05, 0) is 30.5 Å². The first-order valence-electron chi connectivity index (χ1n) is 5.26. The summed E-state index contributed by atoms with van der Waals surface area (Å²) in [6, 6.07) is 5.09. The molecule has 0 atom stereocenters. The van der Waals surface area contributed by atoms with Crippen LogP contribution in [0, 0.1) is 0 Å². The van der Waals surface area contributed by atoms with E-state index in [-0.39, 0.29) is 5.75 Å². The molecule has 1 saturated carbocycles. The first kappa shape index (κ1) is 11.4. The summed E-state index contributed by atoms with van der Waals surface area (Å²) < 4.78 is 0.799. The standard InChI is InChI=1S/C12H12BrNO2/c13-11-7-9(16)3-4-10(11)12(14-8-15)5-1-2-6-12/h3-4,7,16H,1-2,5-6H2. The molecule has 1 N–H and O–H groups in total. The Bertz CT molecular complexity index is 446. The quantitative estimate of drug-likeness (QED) is 0.668. The molecule has 0 amide bonds. The van der Waals surface area contributed by atoms with Crippen LogP contribution in [0.25, 0.3) is 0 Å². The fourth-order valence-electron chi connectivity index (χ4n) is 2.37. The number of halogens is 1. The minimum absolute atomic E-state index is 0.207. The summed E-state index contributed by atoms with van der Waals surface area (Å²) in [6.45, 7) is 0. The van der Waals surface area contributed by atoms with Crippen LogP contribution in [0.15, 0.2) is 27.7 Å². The molecule has 0 bridgehead atoms. The van der Waals surface area contributed by atoms with Gasteiger partial charge in [-0.1, -0.05) is 34.8 Å². The number of aliphatic imine (C=N–C) groups is 1. The van der Waals surface area contributed by atoms with E-state index in [1.54, 1.807) is 18.2 Å². The molecule has 3 nitrogen and oxygen atoms in total. The van der Waals surface area contributed by atoms with Gasteiger partial charge in [-0.15, -0.1) is 0 Å². The Morgan fingerprint density at radius 3 is 2.62 bits per heavy atom. The van der Waals surface area contributed by atoms with Crippen molar-refractivity contribution in [2.75, 3.05) is 0 Å². The molecule has 1 fully saturated rings. The molecule has 1 aromatic rings. The van der Waals surface area contributed by atoms with Gasteiger partial charge in [-0.3, -0.25) is 0 Å². The first-order valence-corrected chi connectivity index (χ1v) is 6.05. The number of isocyanates is 1. The van der Waals surface area contributed by atoms with Gasteiger partial charge in [0.15, 0.2) is 0 Å². The Kier molecular flexibility index (Phi) is 3.13. The van der Waals surface area contributed by atoms with Gasteiger partial charge < -0.3 is 5.11 Å². The third kappa shape index (κ3) is 1.91. The number of aromatic hydroxyl groups is 1. The zero-order valence-electron chi connectivity index (χ0n) is 8.74. The highest BCUT2D eigenvalue weighted by Crippen LogP contribution is 2.45. The van der Waals surface area contributed by atoms with Crippen LogP contribution in [0.3, 0.4) is 0 Å². The van der Waals surface area contributed by atoms with E-state index in [4.69, 9.17) is 0 Å². The molecule has 0 saturated heterocycles. The molecule has 4 heteroatoms. The van der Waals surface area contributed by atoms with Crippen molar-refractivity contribution in [2.45, 2.75) is 31.2 Å². The van der Waals surface area contributed by atoms with E-state index in [1.807, 2.05) is 6.07 Å². The molecule has 1 aliphatic carbocycles. The molecule has 16 heavy (non-hydrogen) atoms. The molecule has 0 heterocycles. The van der Waals surface area contributed by atoms with Crippen LogP contribution in [-0.2, 0) is 10.3 Å². The summed E-state index contributed by atoms with van der Waals surface area (Å²) in [6.07, 6.45) is 5.55. The average molecular weight is 282 g/mol. The zero-order chi connectivity index (χ0) is 11.6. The number of carbonyl (C=O) groups excluding carboxylic acids is 1. The molecule has 84 valence electrons. The Morgan fingerprint density at radius 2 is 2.06 bits per heavy atom. The summed E-state index contributed by atoms with van der Waals surface area (Å²) in [5.41, 5.74) is 0.528. The van der Waals surface area contributed by atoms with Crippen LogP contribution in [0.4, 0.5) is 0 Å². The van der Waals surface area contributed by atoms with E-state index < -0.39 is 5.54 Å². The lowest BCUT2D eigenvalue weighted by atomic mass is 9.89. The molecule has 1 aromatic carbocycles. The highest BCUT2D eigenvalue weighted by molar-refractivity contribution is 9.10. The summed E-state index contributed by atoms with van der Waals surface area (Å²) in [5.74, 6) is 0.207. The van der Waals surface area contributed by atoms with Crippen molar-refractivity contribution in [2.24, 2.45) is 4.99 Å². The second-order valence-electron chi connectivity index (χ2n) is 4.11. The maximum atomic E-state index is 10.6. The predicted molar refractivity (Wildman–Crippen MR) is 64.1 cm³/mol. The smallest absolute Gasteiger partial charge is 0.235 e. The first-order chi connectivity index (χ1) is 7.68. The van der Waals surface area contributed by atoms with Crippen molar-refractivity contribution in [1.82, 2.24) is 0 Å². The van der Waals surface area contributed by atoms with Crippen molar-refractivity contribution in [3.63, 3.8) is 0 Å². The van der Waals surface area contributed by atoms with Gasteiger partial charge in [0, 0.05) is 4.47 Å². The average Bonchev–Trinajstić information content (AvgIpc) is 2.67. The molecule has 0 aliphatic heterocycles. The second kappa shape index (κ2) is 4.40. The van der Waals surface area contributed by atoms with Crippen molar-refractivity contribution in [1.29, 1.82) is 0 Å². The SMILES string of the molecule is O=C=NC1(c2ccc(O)cc2Br)CCCC1. The van der Waals surface area contributed by atoms with Gasteiger partial charge in [-0.25, -0.2) is 4.79 Å². The Labute approximate surface area is 102 Å². The second-order valence-corrected chi connectivity index (χ2v) is 4.96. The summed E-state index contributed by atoms with van der Waals surface area (Å²) in [7, 11) is 0. The van der Waals surface area contributed by atoms with Crippen molar-refractivity contribution < 1.29 is 9.90 Å². The van der Waals surface area contributed by atoms with Crippen LogP contribution in [0.5, 0.6) is 5.75 Å². The number of hydrogen-bond donors (Lipinski definition) is 1. The van der Waals surface area contributed by atoms with Gasteiger partial charge in [0.25, 0.3) is 0 Å². The van der Waals surface area contributed by atoms with Gasteiger partial charge >= 0.3 is 0 Å². The van der Waals surface area contributed by atoms with Gasteiger partial charge in [0.05, 0.1) is 5.54 Å². The molecular formula is C12H12BrNO2. The normalized spacial score (nSPS) is 18.1. The van der Waals surface area contributed by atoms with Crippen LogP contribution in [0.2, 0.25) is 0 Å². The third-order valence-electron chi connectivity index (χ3n) is 3.14. The van der Waals surface area contributed by atoms with E-state index in [0.717, 1.165) is 35.7 Å². The number of hydrogen-bond acceptors (Lipinski definition) is 3. The number of nitrogens with zero attached hydrogens (tertiary/aromatic N) is 1. The van der Waals surface area contributed by atoms with Crippen molar-refractivity contribution >= 4 is 22.0 Å². The summed E-state index contributed by atoms with van der Waals surface area (Å²) >= 11 is 3.41. The molecule has 0 spiro atoms. The largest absolute Gasteiger partial charge is 0.508 e. The lowest BCUT2D eigenvalue weighted by molar-refractivity contribution is 0.449. The zero-order valence-corrected chi connectivity index (χ0v) is 10.3. The van der Waals surface area contributed by atoms with Crippen LogP contribution < -0.4 is 0 Å².